The highest BCUT2D eigenvalue weighted by Gasteiger charge is 2.25. The number of hydrogen-bond donors (Lipinski definition) is 2. The van der Waals surface area contributed by atoms with Gasteiger partial charge >= 0.3 is 5.76 Å². The number of aliphatic hydroxyl groups is 1. The van der Waals surface area contributed by atoms with Gasteiger partial charge in [-0.3, -0.25) is 4.72 Å². The van der Waals surface area contributed by atoms with E-state index < -0.39 is 20.5 Å². The van der Waals surface area contributed by atoms with Crippen molar-refractivity contribution in [3.05, 3.63) is 41.2 Å². The van der Waals surface area contributed by atoms with Crippen LogP contribution >= 0.6 is 0 Å². The van der Waals surface area contributed by atoms with Crippen LogP contribution in [-0.4, -0.2) is 32.2 Å². The van der Waals surface area contributed by atoms with Gasteiger partial charge in [-0.15, -0.1) is 0 Å². The quantitative estimate of drug-likeness (QED) is 0.654. The van der Waals surface area contributed by atoms with Crippen molar-refractivity contribution >= 4 is 25.6 Å². The van der Waals surface area contributed by atoms with E-state index in [-0.39, 0.29) is 28.8 Å². The van der Waals surface area contributed by atoms with Gasteiger partial charge < -0.3 is 14.6 Å². The van der Waals surface area contributed by atoms with Crippen molar-refractivity contribution in [1.82, 2.24) is 9.97 Å². The molecular weight excluding hydrogens is 412 g/mol. The van der Waals surface area contributed by atoms with E-state index in [0.717, 1.165) is 0 Å². The fraction of sp³-hybridized carbons (Fsp3) is 0.294. The van der Waals surface area contributed by atoms with Gasteiger partial charge in [0.2, 0.25) is 11.8 Å². The van der Waals surface area contributed by atoms with Gasteiger partial charge in [-0.05, 0) is 13.0 Å². The first-order chi connectivity index (χ1) is 13.2. The molecule has 2 rings (SSSR count). The highest BCUT2D eigenvalue weighted by Crippen LogP contribution is 2.31. The zero-order valence-electron chi connectivity index (χ0n) is 15.1. The lowest BCUT2D eigenvalue weighted by atomic mass is 10.0. The summed E-state index contributed by atoms with van der Waals surface area (Å²) >= 11 is 4.45. The minimum atomic E-state index is -4.10. The minimum absolute atomic E-state index is 0.0251. The third-order valence-electron chi connectivity index (χ3n) is 3.40. The number of alkyl halides is 2. The normalized spacial score (nSPS) is 13.8. The zero-order chi connectivity index (χ0) is 20.9. The molecular formula is C17H17F2N3O4S2. The van der Waals surface area contributed by atoms with E-state index in [9.17, 15) is 18.1 Å². The first kappa shape index (κ1) is 21.7. The van der Waals surface area contributed by atoms with Crippen molar-refractivity contribution in [1.29, 1.82) is 0 Å². The predicted octanol–water partition coefficient (Wildman–Crippen LogP) is 2.53. The maximum absolute atomic E-state index is 12.9. The molecule has 11 heteroatoms. The monoisotopic (exact) mass is 429 g/mol. The predicted molar refractivity (Wildman–Crippen MR) is 103 cm³/mol. The molecule has 0 bridgehead atoms. The number of methoxy groups -OCH3 is 1. The van der Waals surface area contributed by atoms with E-state index in [1.807, 2.05) is 0 Å². The van der Waals surface area contributed by atoms with Crippen molar-refractivity contribution in [3.8, 4) is 23.8 Å². The molecule has 1 aromatic carbocycles. The van der Waals surface area contributed by atoms with Crippen LogP contribution in [0.1, 0.15) is 30.0 Å². The second-order valence-electron chi connectivity index (χ2n) is 5.46. The maximum atomic E-state index is 12.9. The van der Waals surface area contributed by atoms with Crippen LogP contribution in [0.4, 0.5) is 14.5 Å². The molecule has 2 aromatic rings. The van der Waals surface area contributed by atoms with Crippen LogP contribution in [0, 0.1) is 19.0 Å². The van der Waals surface area contributed by atoms with Gasteiger partial charge in [-0.1, -0.05) is 23.6 Å². The summed E-state index contributed by atoms with van der Waals surface area (Å²) in [5.41, 5.74) is 0.795. The summed E-state index contributed by atoms with van der Waals surface area (Å²) < 4.78 is 50.1. The Morgan fingerprint density at radius 3 is 2.57 bits per heavy atom. The number of nitrogens with one attached hydrogen (secondary N) is 1. The molecule has 0 aliphatic carbocycles. The van der Waals surface area contributed by atoms with Crippen LogP contribution in [0.2, 0.25) is 0 Å². The maximum Gasteiger partial charge on any atom is 0.330 e. The van der Waals surface area contributed by atoms with Gasteiger partial charge in [0.05, 0.1) is 18.9 Å². The summed E-state index contributed by atoms with van der Waals surface area (Å²) in [6.07, 6.45) is 0.886. The molecule has 28 heavy (non-hydrogen) atoms. The Balaban J connectivity index is 2.52. The average molecular weight is 429 g/mol. The van der Waals surface area contributed by atoms with Gasteiger partial charge in [0, 0.05) is 23.7 Å². The number of aromatic nitrogens is 2. The summed E-state index contributed by atoms with van der Waals surface area (Å²) in [7, 11) is -2.74. The number of anilines is 1. The van der Waals surface area contributed by atoms with Gasteiger partial charge in [-0.25, -0.2) is 4.21 Å². The number of aryl methyl sites for hydroxylation is 1. The van der Waals surface area contributed by atoms with E-state index in [0.29, 0.717) is 5.56 Å². The van der Waals surface area contributed by atoms with Crippen molar-refractivity contribution < 1.29 is 27.6 Å². The summed E-state index contributed by atoms with van der Waals surface area (Å²) in [4.78, 5) is 8.11. The van der Waals surface area contributed by atoms with Crippen LogP contribution in [-0.2, 0) is 19.9 Å². The lowest BCUT2D eigenvalue weighted by Crippen LogP contribution is -2.21. The molecule has 150 valence electrons. The van der Waals surface area contributed by atoms with Crippen LogP contribution in [0.5, 0.6) is 11.8 Å². The Morgan fingerprint density at radius 1 is 1.29 bits per heavy atom. The van der Waals surface area contributed by atoms with Crippen molar-refractivity contribution in [3.63, 3.8) is 0 Å². The van der Waals surface area contributed by atoms with Gasteiger partial charge in [-0.2, -0.15) is 18.7 Å². The van der Waals surface area contributed by atoms with Crippen molar-refractivity contribution in [2.24, 2.45) is 0 Å². The number of nitrogens with zero attached hydrogens (tertiary/aromatic N) is 2. The number of halogens is 2. The Labute approximate surface area is 165 Å². The van der Waals surface area contributed by atoms with E-state index in [2.05, 4.69) is 37.9 Å². The Bertz CT molecular complexity index is 1020. The number of rotatable bonds is 7. The fourth-order valence-corrected chi connectivity index (χ4v) is 2.99. The smallest absolute Gasteiger partial charge is 0.330 e. The molecule has 2 unspecified atom stereocenters. The summed E-state index contributed by atoms with van der Waals surface area (Å²) in [6.45, 7) is 3.30. The summed E-state index contributed by atoms with van der Waals surface area (Å²) in [5, 5.41) is 10.8. The second-order valence-corrected chi connectivity index (χ2v) is 8.60. The van der Waals surface area contributed by atoms with Crippen molar-refractivity contribution in [2.45, 2.75) is 25.7 Å². The SMILES string of the molecule is CC#COc1cc(OC)nc(C(O)c2cc(C)ccc2NS(=O)(=S)C(F)F)n1. The summed E-state index contributed by atoms with van der Waals surface area (Å²) in [6, 6.07) is 5.86. The molecule has 0 radical (unpaired) electrons. The molecule has 7 nitrogen and oxygen atoms in total. The lowest BCUT2D eigenvalue weighted by molar-refractivity contribution is 0.207. The Kier molecular flexibility index (Phi) is 7.06. The number of hydrogen-bond acceptors (Lipinski definition) is 7. The van der Waals surface area contributed by atoms with E-state index >= 15 is 0 Å². The molecule has 1 aromatic heterocycles. The molecule has 0 saturated heterocycles. The van der Waals surface area contributed by atoms with E-state index in [1.165, 1.54) is 25.3 Å². The van der Waals surface area contributed by atoms with Crippen LogP contribution in [0.25, 0.3) is 0 Å². The van der Waals surface area contributed by atoms with Crippen LogP contribution < -0.4 is 14.2 Å². The van der Waals surface area contributed by atoms with Crippen LogP contribution in [0.15, 0.2) is 24.3 Å². The zero-order valence-corrected chi connectivity index (χ0v) is 16.7. The Hall–Kier alpha value is -2.55. The average Bonchev–Trinajstić information content (AvgIpc) is 2.66. The number of benzene rings is 1. The van der Waals surface area contributed by atoms with Crippen LogP contribution in [0.3, 0.4) is 0 Å². The molecule has 2 atom stereocenters. The van der Waals surface area contributed by atoms with Gasteiger partial charge in [0.1, 0.15) is 12.2 Å². The highest BCUT2D eigenvalue weighted by atomic mass is 32.8. The first-order valence-electron chi connectivity index (χ1n) is 7.78. The largest absolute Gasteiger partial charge is 0.481 e. The molecule has 0 amide bonds. The first-order valence-corrected chi connectivity index (χ1v) is 10.3. The lowest BCUT2D eigenvalue weighted by Gasteiger charge is -2.18. The molecule has 0 aliphatic heterocycles. The molecule has 2 N–H and O–H groups in total. The fourth-order valence-electron chi connectivity index (χ4n) is 2.14. The van der Waals surface area contributed by atoms with E-state index in [1.54, 1.807) is 19.9 Å². The third-order valence-corrected chi connectivity index (χ3v) is 5.06. The number of ether oxygens (including phenoxy) is 2. The van der Waals surface area contributed by atoms with Crippen molar-refractivity contribution in [2.75, 3.05) is 11.8 Å². The Morgan fingerprint density at radius 2 is 1.96 bits per heavy atom. The van der Waals surface area contributed by atoms with Gasteiger partial charge in [0.15, 0.2) is 14.5 Å². The minimum Gasteiger partial charge on any atom is -0.481 e. The highest BCUT2D eigenvalue weighted by molar-refractivity contribution is 8.33. The molecule has 0 spiro atoms. The topological polar surface area (TPSA) is 93.6 Å². The third kappa shape index (κ3) is 5.25. The molecule has 0 saturated carbocycles. The molecule has 0 fully saturated rings. The second kappa shape index (κ2) is 9.09. The number of aliphatic hydroxyl groups excluding tert-OH is 1. The summed E-state index contributed by atoms with van der Waals surface area (Å²) in [5.74, 6) is -0.752. The standard InChI is InChI=1S/C17H17F2N3O4S2/c1-4-7-26-14-9-13(25-3)20-16(21-14)15(23)11-8-10(2)5-6-12(11)22-28(24,27)17(18)19/h5-6,8-9,15,17,22-23H,1-3H3. The van der Waals surface area contributed by atoms with E-state index in [4.69, 9.17) is 9.47 Å². The molecule has 0 aliphatic rings. The van der Waals surface area contributed by atoms with Gasteiger partial charge in [0.25, 0.3) is 0 Å². The molecule has 1 heterocycles.